The Morgan fingerprint density at radius 3 is 2.47 bits per heavy atom. The molecule has 0 spiro atoms. The minimum absolute atomic E-state index is 0.217. The minimum atomic E-state index is -0.290. The van der Waals surface area contributed by atoms with E-state index in [4.69, 9.17) is 4.74 Å². The summed E-state index contributed by atoms with van der Waals surface area (Å²) in [6, 6.07) is 26.3. The van der Waals surface area contributed by atoms with E-state index in [2.05, 4.69) is 5.32 Å². The van der Waals surface area contributed by atoms with E-state index in [1.807, 2.05) is 78.9 Å². The van der Waals surface area contributed by atoms with Crippen molar-refractivity contribution < 1.29 is 9.53 Å². The fraction of sp³-hybridized carbons (Fsp3) is 0.120. The zero-order valence-electron chi connectivity index (χ0n) is 16.7. The van der Waals surface area contributed by atoms with Crippen molar-refractivity contribution in [1.82, 2.24) is 9.88 Å². The Labute approximate surface area is 174 Å². The number of nitrogens with zero attached hydrogens (tertiary/aromatic N) is 1. The van der Waals surface area contributed by atoms with Crippen LogP contribution in [0.2, 0.25) is 0 Å². The molecule has 4 rings (SSSR count). The Bertz CT molecular complexity index is 1250. The van der Waals surface area contributed by atoms with Gasteiger partial charge in [0.1, 0.15) is 12.4 Å². The van der Waals surface area contributed by atoms with Crippen molar-refractivity contribution in [3.8, 4) is 5.75 Å². The molecule has 3 aromatic carbocycles. The van der Waals surface area contributed by atoms with Crippen LogP contribution >= 0.6 is 0 Å². The highest BCUT2D eigenvalue weighted by molar-refractivity contribution is 6.06. The number of fused-ring (bicyclic) bond motifs is 1. The van der Waals surface area contributed by atoms with Gasteiger partial charge in [0, 0.05) is 30.6 Å². The Morgan fingerprint density at radius 1 is 0.933 bits per heavy atom. The Kier molecular flexibility index (Phi) is 5.61. The van der Waals surface area contributed by atoms with Crippen LogP contribution in [0, 0.1) is 0 Å². The molecule has 150 valence electrons. The maximum absolute atomic E-state index is 12.9. The predicted molar refractivity (Wildman–Crippen MR) is 118 cm³/mol. The molecular formula is C25H22N2O3. The van der Waals surface area contributed by atoms with E-state index in [1.54, 1.807) is 11.6 Å². The van der Waals surface area contributed by atoms with Gasteiger partial charge < -0.3 is 14.6 Å². The number of amides is 1. The topological polar surface area (TPSA) is 60.3 Å². The lowest BCUT2D eigenvalue weighted by molar-refractivity contribution is 0.0952. The van der Waals surface area contributed by atoms with Crippen LogP contribution in [0.3, 0.4) is 0 Å². The fourth-order valence-electron chi connectivity index (χ4n) is 3.40. The first kappa shape index (κ1) is 19.5. The number of carbonyl (C=O) groups excluding carboxylic acids is 1. The lowest BCUT2D eigenvalue weighted by Gasteiger charge is -2.13. The zero-order chi connectivity index (χ0) is 20.9. The molecule has 0 bridgehead atoms. The number of para-hydroxylation sites is 2. The quantitative estimate of drug-likeness (QED) is 0.533. The van der Waals surface area contributed by atoms with Crippen LogP contribution in [0.1, 0.15) is 21.5 Å². The number of aromatic nitrogens is 1. The van der Waals surface area contributed by atoms with Gasteiger partial charge in [-0.3, -0.25) is 9.59 Å². The lowest BCUT2D eigenvalue weighted by Crippen LogP contribution is -2.26. The average molecular weight is 398 g/mol. The molecule has 0 fully saturated rings. The first-order chi connectivity index (χ1) is 14.6. The second kappa shape index (κ2) is 8.66. The molecule has 1 amide bonds. The van der Waals surface area contributed by atoms with E-state index in [-0.39, 0.29) is 11.5 Å². The Hall–Kier alpha value is -3.86. The SMILES string of the molecule is Cn1c(=O)cc(C(=O)NCc2ccccc2OCc2ccccc2)c2ccccc21. The highest BCUT2D eigenvalue weighted by Gasteiger charge is 2.14. The first-order valence-corrected chi connectivity index (χ1v) is 9.75. The van der Waals surface area contributed by atoms with Gasteiger partial charge >= 0.3 is 0 Å². The number of ether oxygens (including phenoxy) is 1. The molecule has 0 aliphatic rings. The van der Waals surface area contributed by atoms with Gasteiger partial charge in [-0.25, -0.2) is 0 Å². The molecule has 1 heterocycles. The van der Waals surface area contributed by atoms with Crippen molar-refractivity contribution in [1.29, 1.82) is 0 Å². The van der Waals surface area contributed by atoms with Gasteiger partial charge in [-0.05, 0) is 17.7 Å². The van der Waals surface area contributed by atoms with Gasteiger partial charge in [-0.15, -0.1) is 0 Å². The normalized spacial score (nSPS) is 10.7. The molecule has 0 aliphatic carbocycles. The van der Waals surface area contributed by atoms with Crippen molar-refractivity contribution in [3.63, 3.8) is 0 Å². The van der Waals surface area contributed by atoms with Crippen LogP contribution in [0.25, 0.3) is 10.9 Å². The van der Waals surface area contributed by atoms with Crippen LogP contribution in [0.4, 0.5) is 0 Å². The predicted octanol–water partition coefficient (Wildman–Crippen LogP) is 4.05. The third kappa shape index (κ3) is 4.10. The summed E-state index contributed by atoms with van der Waals surface area (Å²) in [4.78, 5) is 25.2. The highest BCUT2D eigenvalue weighted by Crippen LogP contribution is 2.20. The number of rotatable bonds is 6. The zero-order valence-corrected chi connectivity index (χ0v) is 16.7. The van der Waals surface area contributed by atoms with E-state index in [9.17, 15) is 9.59 Å². The van der Waals surface area contributed by atoms with Crippen molar-refractivity contribution in [2.45, 2.75) is 13.2 Å². The van der Waals surface area contributed by atoms with Crippen LogP contribution in [-0.2, 0) is 20.2 Å². The van der Waals surface area contributed by atoms with E-state index in [0.29, 0.717) is 18.7 Å². The van der Waals surface area contributed by atoms with Gasteiger partial charge in [0.15, 0.2) is 0 Å². The maximum atomic E-state index is 12.9. The van der Waals surface area contributed by atoms with Gasteiger partial charge in [-0.1, -0.05) is 66.7 Å². The molecule has 0 radical (unpaired) electrons. The molecule has 1 aromatic heterocycles. The fourth-order valence-corrected chi connectivity index (χ4v) is 3.40. The standard InChI is InChI=1S/C25H22N2O3/c1-27-22-13-7-6-12-20(22)21(15-24(27)28)25(29)26-16-19-11-5-8-14-23(19)30-17-18-9-3-2-4-10-18/h2-15H,16-17H2,1H3,(H,26,29). The summed E-state index contributed by atoms with van der Waals surface area (Å²) in [6.45, 7) is 0.749. The second-order valence-electron chi connectivity index (χ2n) is 7.04. The number of hydrogen-bond donors (Lipinski definition) is 1. The number of carbonyl (C=O) groups is 1. The van der Waals surface area contributed by atoms with Crippen molar-refractivity contribution in [2.75, 3.05) is 0 Å². The van der Waals surface area contributed by atoms with E-state index in [0.717, 1.165) is 27.8 Å². The van der Waals surface area contributed by atoms with Gasteiger partial charge in [0.25, 0.3) is 11.5 Å². The number of pyridine rings is 1. The highest BCUT2D eigenvalue weighted by atomic mass is 16.5. The Morgan fingerprint density at radius 2 is 1.63 bits per heavy atom. The van der Waals surface area contributed by atoms with E-state index < -0.39 is 0 Å². The molecule has 0 saturated heterocycles. The molecule has 5 heteroatoms. The monoisotopic (exact) mass is 398 g/mol. The largest absolute Gasteiger partial charge is 0.489 e. The van der Waals surface area contributed by atoms with Crippen molar-refractivity contribution in [2.24, 2.45) is 7.05 Å². The number of aryl methyl sites for hydroxylation is 1. The molecule has 30 heavy (non-hydrogen) atoms. The maximum Gasteiger partial charge on any atom is 0.252 e. The summed E-state index contributed by atoms with van der Waals surface area (Å²) < 4.78 is 7.50. The summed E-state index contributed by atoms with van der Waals surface area (Å²) in [5, 5.41) is 3.67. The van der Waals surface area contributed by atoms with Crippen LogP contribution < -0.4 is 15.6 Å². The third-order valence-electron chi connectivity index (χ3n) is 5.05. The summed E-state index contributed by atoms with van der Waals surface area (Å²) >= 11 is 0. The van der Waals surface area contributed by atoms with Gasteiger partial charge in [0.05, 0.1) is 11.1 Å². The summed E-state index contributed by atoms with van der Waals surface area (Å²) in [5.74, 6) is 0.428. The van der Waals surface area contributed by atoms with Crippen LogP contribution in [0.5, 0.6) is 5.75 Å². The number of benzene rings is 3. The lowest BCUT2D eigenvalue weighted by atomic mass is 10.1. The molecular weight excluding hydrogens is 376 g/mol. The molecule has 0 unspecified atom stereocenters. The second-order valence-corrected chi connectivity index (χ2v) is 7.04. The molecule has 0 atom stereocenters. The third-order valence-corrected chi connectivity index (χ3v) is 5.05. The van der Waals surface area contributed by atoms with Crippen LogP contribution in [-0.4, -0.2) is 10.5 Å². The number of hydrogen-bond acceptors (Lipinski definition) is 3. The molecule has 0 aliphatic heterocycles. The van der Waals surface area contributed by atoms with E-state index in [1.165, 1.54) is 6.07 Å². The molecule has 0 saturated carbocycles. The number of nitrogens with one attached hydrogen (secondary N) is 1. The first-order valence-electron chi connectivity index (χ1n) is 9.75. The smallest absolute Gasteiger partial charge is 0.252 e. The average Bonchev–Trinajstić information content (AvgIpc) is 2.79. The van der Waals surface area contributed by atoms with E-state index >= 15 is 0 Å². The molecule has 5 nitrogen and oxygen atoms in total. The van der Waals surface area contributed by atoms with Gasteiger partial charge in [-0.2, -0.15) is 0 Å². The molecule has 1 N–H and O–H groups in total. The van der Waals surface area contributed by atoms with Crippen molar-refractivity contribution in [3.05, 3.63) is 112 Å². The van der Waals surface area contributed by atoms with Gasteiger partial charge in [0.2, 0.25) is 0 Å². The summed E-state index contributed by atoms with van der Waals surface area (Å²) in [7, 11) is 1.70. The minimum Gasteiger partial charge on any atom is -0.489 e. The summed E-state index contributed by atoms with van der Waals surface area (Å²) in [6.07, 6.45) is 0. The van der Waals surface area contributed by atoms with Crippen molar-refractivity contribution >= 4 is 16.8 Å². The van der Waals surface area contributed by atoms with Crippen LogP contribution in [0.15, 0.2) is 89.7 Å². The Balaban J connectivity index is 1.52. The summed E-state index contributed by atoms with van der Waals surface area (Å²) in [5.41, 5.74) is 2.82. The molecule has 4 aromatic rings.